The zero-order valence-electron chi connectivity index (χ0n) is 87.1. The Balaban J connectivity index is 0.000000373. The van der Waals surface area contributed by atoms with Crippen LogP contribution < -0.4 is 61.4 Å². The van der Waals surface area contributed by atoms with Gasteiger partial charge in [-0.05, 0) is 198 Å². The Morgan fingerprint density at radius 2 is 0.688 bits per heavy atom. The van der Waals surface area contributed by atoms with Gasteiger partial charge >= 0.3 is 11.9 Å². The van der Waals surface area contributed by atoms with Crippen molar-refractivity contribution in [1.29, 1.82) is 0 Å². The van der Waals surface area contributed by atoms with Gasteiger partial charge in [0.15, 0.2) is 28.9 Å². The van der Waals surface area contributed by atoms with Gasteiger partial charge in [-0.3, -0.25) is 67.1 Å². The summed E-state index contributed by atoms with van der Waals surface area (Å²) in [7, 11) is 0. The fourth-order valence-electron chi connectivity index (χ4n) is 18.3. The summed E-state index contributed by atoms with van der Waals surface area (Å²) in [6.45, 7) is 31.6. The summed E-state index contributed by atoms with van der Waals surface area (Å²) in [4.78, 5) is 193. The first-order valence-electron chi connectivity index (χ1n) is 51.6. The van der Waals surface area contributed by atoms with E-state index in [1.807, 2.05) is 221 Å². The predicted molar refractivity (Wildman–Crippen MR) is 558 cm³/mol. The van der Waals surface area contributed by atoms with Gasteiger partial charge in [-0.25, -0.2) is 0 Å². The second kappa shape index (κ2) is 61.7. The summed E-state index contributed by atoms with van der Waals surface area (Å²) < 4.78 is 0. The molecule has 0 saturated carbocycles. The van der Waals surface area contributed by atoms with Crippen LogP contribution in [0.3, 0.4) is 0 Å². The first-order chi connectivity index (χ1) is 66.5. The number of Topliss-reactive ketones (excluding diaryl/α,β-unsaturated/α-hetero) is 6. The number of piperidine rings is 2. The average molecular weight is 1980 g/mol. The highest BCUT2D eigenvalue weighted by molar-refractivity contribution is 7.99. The van der Waals surface area contributed by atoms with Gasteiger partial charge < -0.3 is 86.3 Å². The number of unbranched alkanes of at least 4 members (excludes halogenated alkanes) is 2. The fourth-order valence-corrected chi connectivity index (χ4v) is 19.2. The number of likely N-dealkylation sites (tertiary alicyclic amines) is 2. The van der Waals surface area contributed by atoms with Gasteiger partial charge in [0.1, 0.15) is 16.9 Å². The molecule has 3 saturated heterocycles. The molecule has 4 aromatic rings. The molecule has 3 fully saturated rings. The van der Waals surface area contributed by atoms with Crippen molar-refractivity contribution in [3.8, 4) is 0 Å². The minimum atomic E-state index is -1.37. The monoisotopic (exact) mass is 1980 g/mol. The highest BCUT2D eigenvalue weighted by Crippen LogP contribution is 2.32. The zero-order valence-corrected chi connectivity index (χ0v) is 87.9. The number of nitrogens with zero attached hydrogens (tertiary/aromatic N) is 3. The number of amides is 6. The molecule has 3 aliphatic rings. The van der Waals surface area contributed by atoms with Crippen LogP contribution in [0.4, 0.5) is 0 Å². The van der Waals surface area contributed by atoms with E-state index in [0.717, 1.165) is 53.1 Å². The number of nitrogens with two attached hydrogens (primary N) is 7. The third-order valence-corrected chi connectivity index (χ3v) is 28.0. The van der Waals surface area contributed by atoms with Gasteiger partial charge in [0.2, 0.25) is 35.4 Å². The van der Waals surface area contributed by atoms with E-state index in [9.17, 15) is 77.3 Å². The lowest BCUT2D eigenvalue weighted by molar-refractivity contribution is -0.149. The number of aliphatic carboxylic acids is 2. The molecule has 0 radical (unpaired) electrons. The van der Waals surface area contributed by atoms with Crippen molar-refractivity contribution in [2.24, 2.45) is 104 Å². The molecule has 0 aromatic heterocycles. The number of hydrogen-bond acceptors (Lipinski definition) is 23. The predicted octanol–water partition coefficient (Wildman–Crippen LogP) is 11.2. The van der Waals surface area contributed by atoms with Crippen LogP contribution in [0.5, 0.6) is 0 Å². The highest BCUT2D eigenvalue weighted by atomic mass is 32.2. The lowest BCUT2D eigenvalue weighted by Gasteiger charge is -2.38. The first kappa shape index (κ1) is 122. The van der Waals surface area contributed by atoms with Gasteiger partial charge in [-0.15, -0.1) is 0 Å². The summed E-state index contributed by atoms with van der Waals surface area (Å²) in [6.07, 6.45) is 9.37. The summed E-state index contributed by atoms with van der Waals surface area (Å²) in [5, 5.41) is 31.4. The molecule has 0 aliphatic carbocycles. The van der Waals surface area contributed by atoms with Gasteiger partial charge in [-0.2, -0.15) is 11.8 Å². The maximum Gasteiger partial charge on any atom is 0.323 e. The van der Waals surface area contributed by atoms with Crippen molar-refractivity contribution in [2.45, 2.75) is 324 Å². The number of nitrogens with one attached hydrogen (secondary N) is 4. The Morgan fingerprint density at radius 3 is 0.993 bits per heavy atom. The van der Waals surface area contributed by atoms with E-state index in [-0.39, 0.29) is 178 Å². The second-order valence-corrected chi connectivity index (χ2v) is 44.8. The van der Waals surface area contributed by atoms with E-state index in [1.165, 1.54) is 0 Å². The van der Waals surface area contributed by atoms with Crippen molar-refractivity contribution in [1.82, 2.24) is 36.0 Å². The summed E-state index contributed by atoms with van der Waals surface area (Å²) in [5.74, 6) is -6.48. The molecule has 31 heteroatoms. The van der Waals surface area contributed by atoms with Crippen LogP contribution in [0.1, 0.15) is 267 Å². The van der Waals surface area contributed by atoms with Crippen molar-refractivity contribution in [2.75, 3.05) is 70.4 Å². The molecule has 20 N–H and O–H groups in total. The van der Waals surface area contributed by atoms with Gasteiger partial charge in [0.25, 0.3) is 0 Å². The van der Waals surface area contributed by atoms with Crippen molar-refractivity contribution >= 4 is 93.8 Å². The van der Waals surface area contributed by atoms with E-state index in [4.69, 9.17) is 40.1 Å². The van der Waals surface area contributed by atoms with Crippen molar-refractivity contribution in [3.63, 3.8) is 0 Å². The standard InChI is InChI=1S/C39H58N4O4S.C36H59N5O6.C35H57N5O6/c1-28(2)23-35(37(45)26-32(17-11-18-41-29(3)4)39(47)43-19-12-21-48-22-20-43)42-38(46)33(24-30-13-7-5-8-14-30)27-36(44)34(40)25-31-15-9-6-10-16-31;1-24(2)19-29(31(43)21-26(13-9-10-16-37)33(45)41-17-14-36(39,15-18-41)34(46)47)40-32(44)27(20-25-11-7-6-8-12-25)22-30(42)28(38)23-35(3,4)5;1-23(2)19-27(39-31(43)26(20-24-11-7-6-8-12-24)22-29(42)30(37)34(3,4)5)28(41)21-25(13-9-10-16-36)32(44)40-17-14-35(38,15-18-40)33(45)46/h5-10,13-16,28-29,32-35,41H,11-12,17-27,40H2,1-4H3,(H,42,46);6-8,11-12,24,26-29H,9-10,13-23,37-39H2,1-5H3,(H,40,44)(H,46,47);6-8,11-12,23,25-27,30H,9-10,13-22,36-38H2,1-5H3,(H,39,43)(H,45,46)/t32-,33-,34+,35+;26-,27-,28+,29+;25-,26-,27+,30-/m000/s1. The number of carbonyl (C=O) groups excluding carboxylic acids is 12. The number of carbonyl (C=O) groups is 14. The van der Waals surface area contributed by atoms with Crippen LogP contribution in [0.2, 0.25) is 0 Å². The maximum atomic E-state index is 14.0. The number of ketones is 6. The number of carboxylic acids is 2. The van der Waals surface area contributed by atoms with Crippen LogP contribution in [0.25, 0.3) is 0 Å². The molecular formula is C110H174N14O16S. The van der Waals surface area contributed by atoms with E-state index in [1.54, 1.807) is 9.80 Å². The van der Waals surface area contributed by atoms with E-state index in [0.29, 0.717) is 129 Å². The number of hydrogen-bond donors (Lipinski definition) is 13. The molecule has 4 aromatic carbocycles. The second-order valence-electron chi connectivity index (χ2n) is 43.5. The van der Waals surface area contributed by atoms with Crippen LogP contribution in [-0.4, -0.2) is 231 Å². The van der Waals surface area contributed by atoms with Gasteiger partial charge in [-0.1, -0.05) is 231 Å². The molecule has 30 nitrogen and oxygen atoms in total. The van der Waals surface area contributed by atoms with Crippen LogP contribution in [-0.2, 0) is 92.8 Å². The third-order valence-electron chi connectivity index (χ3n) is 26.9. The quantitative estimate of drug-likeness (QED) is 0.0183. The molecule has 12 atom stereocenters. The van der Waals surface area contributed by atoms with E-state index >= 15 is 0 Å². The number of benzene rings is 4. The average Bonchev–Trinajstić information content (AvgIpc) is 0.955. The molecule has 0 unspecified atom stereocenters. The maximum absolute atomic E-state index is 14.0. The van der Waals surface area contributed by atoms with Gasteiger partial charge in [0, 0.05) is 125 Å². The Labute approximate surface area is 844 Å². The van der Waals surface area contributed by atoms with Gasteiger partial charge in [0.05, 0.1) is 36.3 Å². The largest absolute Gasteiger partial charge is 0.480 e. The molecular weight excluding hydrogens is 1810 g/mol. The summed E-state index contributed by atoms with van der Waals surface area (Å²) in [5.41, 5.74) is 42.6. The molecule has 141 heavy (non-hydrogen) atoms. The Bertz CT molecular complexity index is 4530. The lowest BCUT2D eigenvalue weighted by atomic mass is 9.81. The van der Waals surface area contributed by atoms with Crippen molar-refractivity contribution in [3.05, 3.63) is 144 Å². The minimum Gasteiger partial charge on any atom is -0.480 e. The Kier molecular flexibility index (Phi) is 53.5. The SMILES string of the molecule is CC(C)C[C@@H](NC(=O)[C@H](CC(=O)[C@H](N)C(C)(C)C)Cc1ccccc1)C(=O)C[C@H](CCCCN)C(=O)N1CCC(N)(C(=O)O)CC1.CC(C)C[C@@H](NC(=O)[C@H](CC(=O)[C@H](N)CC(C)(C)C)Cc1ccccc1)C(=O)C[C@H](CCCCN)C(=O)N1CCC(N)(C(=O)O)CC1.CC(C)C[C@@H](NC(=O)[C@H](CC(=O)[C@H](N)Cc1ccccc1)Cc1ccccc1)C(=O)C[C@H](CCCNC(C)C)C(=O)N1CCCSCC1. The number of carboxylic acid groups (broad SMARTS) is 2. The smallest absolute Gasteiger partial charge is 0.323 e. The first-order valence-corrected chi connectivity index (χ1v) is 52.7. The van der Waals surface area contributed by atoms with Crippen LogP contribution in [0, 0.1) is 64.1 Å². The molecule has 3 aliphatic heterocycles. The third kappa shape index (κ3) is 44.8. The lowest BCUT2D eigenvalue weighted by Crippen LogP contribution is -2.57. The van der Waals surface area contributed by atoms with Crippen molar-refractivity contribution < 1.29 is 77.3 Å². The molecule has 0 spiro atoms. The Hall–Kier alpha value is -9.31. The van der Waals surface area contributed by atoms with Crippen LogP contribution >= 0.6 is 11.8 Å². The van der Waals surface area contributed by atoms with Crippen LogP contribution in [0.15, 0.2) is 121 Å². The van der Waals surface area contributed by atoms with E-state index in [2.05, 4.69) is 35.1 Å². The molecule has 7 rings (SSSR count). The minimum absolute atomic E-state index is 0.0196. The normalized spacial score (nSPS) is 17.0. The number of rotatable bonds is 57. The molecule has 3 heterocycles. The molecule has 6 amide bonds. The number of thioether (sulfide) groups is 1. The Morgan fingerprint density at radius 1 is 0.383 bits per heavy atom. The highest BCUT2D eigenvalue weighted by Gasteiger charge is 2.45. The summed E-state index contributed by atoms with van der Waals surface area (Å²) >= 11 is 1.86. The summed E-state index contributed by atoms with van der Waals surface area (Å²) in [6, 6.07) is 33.8. The topological polar surface area (TPSA) is 519 Å². The fraction of sp³-hybridized carbons (Fsp3) is 0.655. The molecule has 786 valence electrons. The van der Waals surface area contributed by atoms with E-state index < -0.39 is 106 Å². The zero-order chi connectivity index (χ0) is 105. The molecule has 0 bridgehead atoms.